The molecule has 138 valence electrons. The molecule has 1 aliphatic heterocycles. The molecule has 24 heavy (non-hydrogen) atoms. The van der Waals surface area contributed by atoms with E-state index in [0.717, 1.165) is 44.9 Å². The molecule has 2 N–H and O–H groups in total. The van der Waals surface area contributed by atoms with Crippen molar-refractivity contribution in [3.8, 4) is 0 Å². The third-order valence-corrected chi connectivity index (χ3v) is 4.82. The zero-order valence-corrected chi connectivity index (χ0v) is 14.7. The molecule has 7 heteroatoms. The van der Waals surface area contributed by atoms with Crippen LogP contribution in [0.4, 0.5) is 0 Å². The van der Waals surface area contributed by atoms with E-state index in [1.165, 1.54) is 25.7 Å². The number of carbonyl (C=O) groups is 3. The summed E-state index contributed by atoms with van der Waals surface area (Å²) in [5.74, 6) is -2.42. The van der Waals surface area contributed by atoms with Crippen molar-refractivity contribution in [2.24, 2.45) is 5.92 Å². The molecular weight excluding hydrogens is 312 g/mol. The number of carboxylic acid groups (broad SMARTS) is 2. The maximum atomic E-state index is 12.1. The second kappa shape index (κ2) is 10.3. The zero-order chi connectivity index (χ0) is 18.1. The smallest absolute Gasteiger partial charge is 0.414 e. The van der Waals surface area contributed by atoms with E-state index >= 15 is 0 Å². The molecule has 1 heterocycles. The fourth-order valence-electron chi connectivity index (χ4n) is 3.27. The zero-order valence-electron chi connectivity index (χ0n) is 14.7. The molecule has 0 unspecified atom stereocenters. The number of aliphatic carboxylic acids is 2. The number of carboxylic acids is 2. The Bertz CT molecular complexity index is 413. The number of rotatable bonds is 4. The molecule has 0 aromatic rings. The first-order valence-electron chi connectivity index (χ1n) is 8.79. The maximum Gasteiger partial charge on any atom is 0.414 e. The standard InChI is InChI=1S/C15H28N2O.C2H2O4/c1-13(2)16-9-11-17(12-10-16)15(18)8-7-14-5-3-4-6-14;3-1(4)2(5)6/h13-14H,3-12H2,1-2H3;(H,3,4)(H,5,6). The van der Waals surface area contributed by atoms with E-state index in [0.29, 0.717) is 11.9 Å². The highest BCUT2D eigenvalue weighted by Crippen LogP contribution is 2.28. The van der Waals surface area contributed by atoms with Gasteiger partial charge in [-0.3, -0.25) is 9.69 Å². The number of piperazine rings is 1. The minimum absolute atomic E-state index is 0.394. The highest BCUT2D eigenvalue weighted by Gasteiger charge is 2.23. The highest BCUT2D eigenvalue weighted by atomic mass is 16.4. The van der Waals surface area contributed by atoms with Crippen molar-refractivity contribution in [2.45, 2.75) is 58.4 Å². The molecule has 1 aliphatic carbocycles. The van der Waals surface area contributed by atoms with Gasteiger partial charge < -0.3 is 15.1 Å². The summed E-state index contributed by atoms with van der Waals surface area (Å²) in [4.78, 5) is 34.9. The monoisotopic (exact) mass is 342 g/mol. The Labute approximate surface area is 143 Å². The first-order chi connectivity index (χ1) is 11.3. The van der Waals surface area contributed by atoms with Gasteiger partial charge in [0.2, 0.25) is 5.91 Å². The van der Waals surface area contributed by atoms with Crippen LogP contribution in [0, 0.1) is 5.92 Å². The Kier molecular flexibility index (Phi) is 8.74. The lowest BCUT2D eigenvalue weighted by molar-refractivity contribution is -0.159. The molecule has 2 rings (SSSR count). The Balaban J connectivity index is 0.000000413. The summed E-state index contributed by atoms with van der Waals surface area (Å²) in [6, 6.07) is 0.612. The van der Waals surface area contributed by atoms with Crippen molar-refractivity contribution in [3.05, 3.63) is 0 Å². The number of carbonyl (C=O) groups excluding carboxylic acids is 1. The normalized spacial score (nSPS) is 19.0. The molecule has 0 atom stereocenters. The Morgan fingerprint density at radius 1 is 0.958 bits per heavy atom. The van der Waals surface area contributed by atoms with E-state index in [4.69, 9.17) is 19.8 Å². The van der Waals surface area contributed by atoms with Crippen molar-refractivity contribution in [2.75, 3.05) is 26.2 Å². The molecule has 2 fully saturated rings. The third kappa shape index (κ3) is 7.29. The highest BCUT2D eigenvalue weighted by molar-refractivity contribution is 6.27. The summed E-state index contributed by atoms with van der Waals surface area (Å²) in [7, 11) is 0. The molecule has 0 radical (unpaired) electrons. The van der Waals surface area contributed by atoms with Crippen molar-refractivity contribution >= 4 is 17.8 Å². The lowest BCUT2D eigenvalue weighted by Gasteiger charge is -2.37. The summed E-state index contributed by atoms with van der Waals surface area (Å²) in [5.41, 5.74) is 0. The van der Waals surface area contributed by atoms with Crippen LogP contribution in [0.3, 0.4) is 0 Å². The number of hydrogen-bond acceptors (Lipinski definition) is 4. The van der Waals surface area contributed by atoms with Crippen LogP contribution in [-0.4, -0.2) is 70.1 Å². The van der Waals surface area contributed by atoms with Crippen LogP contribution in [0.1, 0.15) is 52.4 Å². The van der Waals surface area contributed by atoms with Crippen LogP contribution in [-0.2, 0) is 14.4 Å². The molecule has 0 bridgehead atoms. The molecule has 7 nitrogen and oxygen atoms in total. The van der Waals surface area contributed by atoms with Gasteiger partial charge in [-0.25, -0.2) is 9.59 Å². The van der Waals surface area contributed by atoms with E-state index in [1.807, 2.05) is 0 Å². The van der Waals surface area contributed by atoms with Gasteiger partial charge in [0.25, 0.3) is 0 Å². The summed E-state index contributed by atoms with van der Waals surface area (Å²) in [6.45, 7) is 8.43. The topological polar surface area (TPSA) is 98.2 Å². The average molecular weight is 342 g/mol. The van der Waals surface area contributed by atoms with E-state index in [-0.39, 0.29) is 0 Å². The van der Waals surface area contributed by atoms with Crippen molar-refractivity contribution in [3.63, 3.8) is 0 Å². The Morgan fingerprint density at radius 3 is 1.88 bits per heavy atom. The minimum Gasteiger partial charge on any atom is -0.473 e. The molecular formula is C17H30N2O5. The van der Waals surface area contributed by atoms with Crippen molar-refractivity contribution < 1.29 is 24.6 Å². The fourth-order valence-corrected chi connectivity index (χ4v) is 3.27. The summed E-state index contributed by atoms with van der Waals surface area (Å²) in [6.07, 6.45) is 7.39. The largest absolute Gasteiger partial charge is 0.473 e. The first kappa shape index (κ1) is 20.4. The number of nitrogens with zero attached hydrogens (tertiary/aromatic N) is 2. The molecule has 0 aromatic heterocycles. The molecule has 1 saturated heterocycles. The number of amides is 1. The number of hydrogen-bond donors (Lipinski definition) is 2. The van der Waals surface area contributed by atoms with E-state index in [1.54, 1.807) is 0 Å². The predicted octanol–water partition coefficient (Wildman–Crippen LogP) is 1.67. The maximum absolute atomic E-state index is 12.1. The lowest BCUT2D eigenvalue weighted by Crippen LogP contribution is -2.50. The van der Waals surface area contributed by atoms with Gasteiger partial charge in [0, 0.05) is 38.6 Å². The van der Waals surface area contributed by atoms with Gasteiger partial charge >= 0.3 is 11.9 Å². The van der Waals surface area contributed by atoms with Crippen LogP contribution in [0.2, 0.25) is 0 Å². The van der Waals surface area contributed by atoms with Gasteiger partial charge in [-0.1, -0.05) is 25.7 Å². The summed E-state index contributed by atoms with van der Waals surface area (Å²) < 4.78 is 0. The lowest BCUT2D eigenvalue weighted by atomic mass is 10.0. The first-order valence-corrected chi connectivity index (χ1v) is 8.79. The molecule has 2 aliphatic rings. The quantitative estimate of drug-likeness (QED) is 0.754. The van der Waals surface area contributed by atoms with E-state index in [2.05, 4.69) is 23.6 Å². The molecule has 0 aromatic carbocycles. The van der Waals surface area contributed by atoms with Crippen LogP contribution < -0.4 is 0 Å². The minimum atomic E-state index is -1.82. The van der Waals surface area contributed by atoms with Crippen LogP contribution in [0.25, 0.3) is 0 Å². The fraction of sp³-hybridized carbons (Fsp3) is 0.824. The second-order valence-corrected chi connectivity index (χ2v) is 6.81. The van der Waals surface area contributed by atoms with Gasteiger partial charge in [0.05, 0.1) is 0 Å². The van der Waals surface area contributed by atoms with Gasteiger partial charge in [-0.15, -0.1) is 0 Å². The summed E-state index contributed by atoms with van der Waals surface area (Å²) in [5, 5.41) is 14.8. The Hall–Kier alpha value is -1.63. The van der Waals surface area contributed by atoms with Crippen LogP contribution in [0.5, 0.6) is 0 Å². The van der Waals surface area contributed by atoms with E-state index in [9.17, 15) is 4.79 Å². The Morgan fingerprint density at radius 2 is 1.46 bits per heavy atom. The molecule has 1 amide bonds. The summed E-state index contributed by atoms with van der Waals surface area (Å²) >= 11 is 0. The second-order valence-electron chi connectivity index (χ2n) is 6.81. The van der Waals surface area contributed by atoms with Gasteiger partial charge in [0.15, 0.2) is 0 Å². The molecule has 0 spiro atoms. The van der Waals surface area contributed by atoms with Gasteiger partial charge in [-0.05, 0) is 26.2 Å². The van der Waals surface area contributed by atoms with Crippen LogP contribution in [0.15, 0.2) is 0 Å². The SMILES string of the molecule is CC(C)N1CCN(C(=O)CCC2CCCC2)CC1.O=C(O)C(=O)O. The van der Waals surface area contributed by atoms with Crippen molar-refractivity contribution in [1.29, 1.82) is 0 Å². The van der Waals surface area contributed by atoms with Gasteiger partial charge in [0.1, 0.15) is 0 Å². The predicted molar refractivity (Wildman–Crippen MR) is 89.8 cm³/mol. The average Bonchev–Trinajstić information content (AvgIpc) is 3.06. The van der Waals surface area contributed by atoms with Gasteiger partial charge in [-0.2, -0.15) is 0 Å². The van der Waals surface area contributed by atoms with Crippen LogP contribution >= 0.6 is 0 Å². The van der Waals surface area contributed by atoms with E-state index < -0.39 is 11.9 Å². The van der Waals surface area contributed by atoms with Crippen molar-refractivity contribution in [1.82, 2.24) is 9.80 Å². The molecule has 1 saturated carbocycles. The third-order valence-electron chi connectivity index (χ3n) is 4.82.